The lowest BCUT2D eigenvalue weighted by Gasteiger charge is -2.08. The first-order chi connectivity index (χ1) is 11.6. The fourth-order valence-corrected chi connectivity index (χ4v) is 4.23. The Balaban J connectivity index is 0.000000357. The maximum absolute atomic E-state index is 11.3. The van der Waals surface area contributed by atoms with E-state index in [2.05, 4.69) is 19.1 Å². The maximum Gasteiger partial charge on any atom is 0.296 e. The summed E-state index contributed by atoms with van der Waals surface area (Å²) in [4.78, 5) is -1.66. The molecule has 3 aromatic carbocycles. The van der Waals surface area contributed by atoms with Gasteiger partial charge >= 0.3 is 0 Å². The van der Waals surface area contributed by atoms with Crippen LogP contribution in [-0.4, -0.2) is 25.9 Å². The Labute approximate surface area is 159 Å². The Morgan fingerprint density at radius 3 is 1.69 bits per heavy atom. The van der Waals surface area contributed by atoms with E-state index in [9.17, 15) is 16.8 Å². The van der Waals surface area contributed by atoms with Crippen molar-refractivity contribution >= 4 is 44.5 Å². The van der Waals surface area contributed by atoms with E-state index in [0.29, 0.717) is 5.39 Å². The van der Waals surface area contributed by atoms with Crippen LogP contribution in [0.15, 0.2) is 76.5 Å². The number of hydrogen-bond acceptors (Lipinski definition) is 4. The molecular weight excluding hydrogens is 396 g/mol. The zero-order valence-electron chi connectivity index (χ0n) is 13.7. The molecule has 0 aromatic heterocycles. The highest BCUT2D eigenvalue weighted by molar-refractivity contribution is 7.89. The van der Waals surface area contributed by atoms with Gasteiger partial charge in [0.25, 0.3) is 20.2 Å². The van der Waals surface area contributed by atoms with E-state index in [4.69, 9.17) is 9.11 Å². The van der Waals surface area contributed by atoms with Crippen LogP contribution >= 0.6 is 13.5 Å². The largest absolute Gasteiger partial charge is 0.296 e. The van der Waals surface area contributed by atoms with Gasteiger partial charge in [0, 0.05) is 5.39 Å². The van der Waals surface area contributed by atoms with Crippen LogP contribution in [0.25, 0.3) is 10.8 Å². The minimum absolute atomic E-state index is 0. The molecule has 2 N–H and O–H groups in total. The van der Waals surface area contributed by atoms with Crippen molar-refractivity contribution in [2.24, 2.45) is 0 Å². The fourth-order valence-electron chi connectivity index (χ4n) is 2.23. The Kier molecular flexibility index (Phi) is 7.36. The third-order valence-electron chi connectivity index (χ3n) is 3.32. The van der Waals surface area contributed by atoms with Crippen molar-refractivity contribution in [2.75, 3.05) is 0 Å². The molecular formula is C17H18O6S3. The monoisotopic (exact) mass is 414 g/mol. The maximum atomic E-state index is 11.3. The van der Waals surface area contributed by atoms with Crippen molar-refractivity contribution in [3.63, 3.8) is 0 Å². The Morgan fingerprint density at radius 1 is 0.692 bits per heavy atom. The zero-order valence-corrected chi connectivity index (χ0v) is 16.3. The molecule has 0 fully saturated rings. The van der Waals surface area contributed by atoms with Gasteiger partial charge in [-0.25, -0.2) is 0 Å². The molecule has 3 aromatic rings. The second-order valence-electron chi connectivity index (χ2n) is 5.22. The molecule has 0 saturated heterocycles. The predicted octanol–water partition coefficient (Wildman–Crippen LogP) is 3.44. The van der Waals surface area contributed by atoms with E-state index in [1.807, 2.05) is 18.2 Å². The topological polar surface area (TPSA) is 109 Å². The first kappa shape index (κ1) is 22.1. The van der Waals surface area contributed by atoms with Crippen LogP contribution in [0.4, 0.5) is 0 Å². The van der Waals surface area contributed by atoms with E-state index < -0.39 is 30.0 Å². The summed E-state index contributed by atoms with van der Waals surface area (Å²) in [6.07, 6.45) is 0. The average molecular weight is 415 g/mol. The predicted molar refractivity (Wildman–Crippen MR) is 105 cm³/mol. The van der Waals surface area contributed by atoms with E-state index in [0.717, 1.165) is 6.07 Å². The van der Waals surface area contributed by atoms with Gasteiger partial charge in [0.2, 0.25) is 0 Å². The average Bonchev–Trinajstić information content (AvgIpc) is 2.53. The van der Waals surface area contributed by atoms with Crippen molar-refractivity contribution < 1.29 is 25.9 Å². The summed E-state index contributed by atoms with van der Waals surface area (Å²) in [5, 5.41) is 0.452. The summed E-state index contributed by atoms with van der Waals surface area (Å²) < 4.78 is 63.0. The van der Waals surface area contributed by atoms with Gasteiger partial charge in [0.1, 0.15) is 9.79 Å². The van der Waals surface area contributed by atoms with E-state index in [-0.39, 0.29) is 18.9 Å². The Hall–Kier alpha value is -1.91. The standard InChI is InChI=1S/C10H8O6S2.C7H8.H2S/c11-17(12,13)9-6-5-7-3-1-2-4-8(7)10(9)18(14,15)16;1-7-5-3-2-4-6-7;/h1-6H,(H,11,12,13)(H,14,15,16);2-6H,1H3;1H2. The molecule has 0 saturated carbocycles. The minimum Gasteiger partial charge on any atom is -0.282 e. The highest BCUT2D eigenvalue weighted by atomic mass is 32.2. The highest BCUT2D eigenvalue weighted by Gasteiger charge is 2.26. The van der Waals surface area contributed by atoms with Gasteiger partial charge in [0.15, 0.2) is 0 Å². The second kappa shape index (κ2) is 8.65. The molecule has 0 amide bonds. The summed E-state index contributed by atoms with van der Waals surface area (Å²) in [5.74, 6) is 0. The molecule has 26 heavy (non-hydrogen) atoms. The molecule has 0 bridgehead atoms. The number of benzene rings is 3. The van der Waals surface area contributed by atoms with Crippen LogP contribution in [0, 0.1) is 6.92 Å². The Morgan fingerprint density at radius 2 is 1.23 bits per heavy atom. The van der Waals surface area contributed by atoms with Gasteiger partial charge in [-0.3, -0.25) is 9.11 Å². The highest BCUT2D eigenvalue weighted by Crippen LogP contribution is 2.29. The lowest BCUT2D eigenvalue weighted by atomic mass is 10.1. The van der Waals surface area contributed by atoms with Gasteiger partial charge in [-0.1, -0.05) is 66.2 Å². The molecule has 0 aliphatic rings. The number of hydrogen-bond donors (Lipinski definition) is 2. The van der Waals surface area contributed by atoms with Gasteiger partial charge < -0.3 is 0 Å². The van der Waals surface area contributed by atoms with Crippen molar-refractivity contribution in [1.29, 1.82) is 0 Å². The molecule has 0 radical (unpaired) electrons. The van der Waals surface area contributed by atoms with Crippen molar-refractivity contribution in [1.82, 2.24) is 0 Å². The zero-order chi connectivity index (χ0) is 18.7. The van der Waals surface area contributed by atoms with Gasteiger partial charge in [0.05, 0.1) is 0 Å². The normalized spacial score (nSPS) is 11.2. The molecule has 0 atom stereocenters. The molecule has 0 unspecified atom stereocenters. The smallest absolute Gasteiger partial charge is 0.282 e. The van der Waals surface area contributed by atoms with Gasteiger partial charge in [-0.2, -0.15) is 30.3 Å². The number of aryl methyl sites for hydroxylation is 1. The summed E-state index contributed by atoms with van der Waals surface area (Å²) in [6, 6.07) is 18.5. The molecule has 0 heterocycles. The molecule has 9 heteroatoms. The fraction of sp³-hybridized carbons (Fsp3) is 0.0588. The number of rotatable bonds is 2. The van der Waals surface area contributed by atoms with Crippen molar-refractivity contribution in [3.8, 4) is 0 Å². The summed E-state index contributed by atoms with van der Waals surface area (Å²) in [7, 11) is -9.53. The summed E-state index contributed by atoms with van der Waals surface area (Å²) in [5.41, 5.74) is 1.32. The molecule has 6 nitrogen and oxygen atoms in total. The first-order valence-corrected chi connectivity index (χ1v) is 9.97. The molecule has 3 rings (SSSR count). The molecule has 0 spiro atoms. The summed E-state index contributed by atoms with van der Waals surface area (Å²) >= 11 is 0. The van der Waals surface area contributed by atoms with Crippen LogP contribution in [0.1, 0.15) is 5.56 Å². The first-order valence-electron chi connectivity index (χ1n) is 7.09. The minimum atomic E-state index is -4.78. The quantitative estimate of drug-likeness (QED) is 0.622. The van der Waals surface area contributed by atoms with E-state index in [1.165, 1.54) is 23.8 Å². The molecule has 140 valence electrons. The van der Waals surface area contributed by atoms with Gasteiger partial charge in [-0.15, -0.1) is 0 Å². The third kappa shape index (κ3) is 5.55. The van der Waals surface area contributed by atoms with Crippen LogP contribution in [-0.2, 0) is 20.2 Å². The van der Waals surface area contributed by atoms with E-state index >= 15 is 0 Å². The van der Waals surface area contributed by atoms with Gasteiger partial charge in [-0.05, 0) is 18.4 Å². The number of fused-ring (bicyclic) bond motifs is 1. The van der Waals surface area contributed by atoms with Crippen LogP contribution < -0.4 is 0 Å². The molecule has 0 aliphatic heterocycles. The van der Waals surface area contributed by atoms with Crippen LogP contribution in [0.3, 0.4) is 0 Å². The summed E-state index contributed by atoms with van der Waals surface area (Å²) in [6.45, 7) is 2.08. The third-order valence-corrected chi connectivity index (χ3v) is 5.30. The lowest BCUT2D eigenvalue weighted by Crippen LogP contribution is -2.09. The lowest BCUT2D eigenvalue weighted by molar-refractivity contribution is 0.467. The van der Waals surface area contributed by atoms with Crippen LogP contribution in [0.5, 0.6) is 0 Å². The second-order valence-corrected chi connectivity index (χ2v) is 7.97. The van der Waals surface area contributed by atoms with Crippen molar-refractivity contribution in [3.05, 3.63) is 72.3 Å². The molecule has 0 aliphatic carbocycles. The van der Waals surface area contributed by atoms with Crippen LogP contribution in [0.2, 0.25) is 0 Å². The van der Waals surface area contributed by atoms with E-state index in [1.54, 1.807) is 12.1 Å². The van der Waals surface area contributed by atoms with Crippen molar-refractivity contribution in [2.45, 2.75) is 16.7 Å². The Bertz CT molecular complexity index is 1090. The SMILES string of the molecule is Cc1ccccc1.O=S(=O)(O)c1ccc2ccccc2c1S(=O)(=O)O.S.